The summed E-state index contributed by atoms with van der Waals surface area (Å²) in [6.45, 7) is 8.20. The highest BCUT2D eigenvalue weighted by Crippen LogP contribution is 2.60. The van der Waals surface area contributed by atoms with E-state index < -0.39 is 0 Å². The van der Waals surface area contributed by atoms with E-state index in [0.717, 1.165) is 19.0 Å². The second kappa shape index (κ2) is 6.72. The van der Waals surface area contributed by atoms with Gasteiger partial charge in [0.1, 0.15) is 0 Å². The lowest BCUT2D eigenvalue weighted by atomic mass is 9.89. The molecule has 1 N–H and O–H groups in total. The third-order valence-corrected chi connectivity index (χ3v) is 6.98. The van der Waals surface area contributed by atoms with Gasteiger partial charge in [0.15, 0.2) is 0 Å². The first-order valence-corrected chi connectivity index (χ1v) is 9.99. The van der Waals surface area contributed by atoms with Crippen LogP contribution < -0.4 is 5.32 Å². The van der Waals surface area contributed by atoms with Crippen LogP contribution in [0.4, 0.5) is 0 Å². The Kier molecular flexibility index (Phi) is 4.64. The summed E-state index contributed by atoms with van der Waals surface area (Å²) in [7, 11) is 0. The van der Waals surface area contributed by atoms with Crippen molar-refractivity contribution in [3.63, 3.8) is 0 Å². The number of hydrogen-bond acceptors (Lipinski definition) is 3. The molecule has 1 atom stereocenters. The van der Waals surface area contributed by atoms with Gasteiger partial charge in [-0.05, 0) is 88.9 Å². The maximum Gasteiger partial charge on any atom is 0.226 e. The van der Waals surface area contributed by atoms with Crippen LogP contribution in [0.15, 0.2) is 0 Å². The van der Waals surface area contributed by atoms with E-state index in [0.29, 0.717) is 17.2 Å². The lowest BCUT2D eigenvalue weighted by Crippen LogP contribution is -2.42. The molecule has 4 aliphatic rings. The SMILES string of the molecule is O=C(C1CC12CCN(CC1CCNCC1)CC2)N1CCCCC1. The van der Waals surface area contributed by atoms with Crippen LogP contribution in [-0.2, 0) is 4.79 Å². The number of piperidine rings is 3. The van der Waals surface area contributed by atoms with Crippen molar-refractivity contribution in [2.75, 3.05) is 45.8 Å². The van der Waals surface area contributed by atoms with Crippen molar-refractivity contribution >= 4 is 5.91 Å². The van der Waals surface area contributed by atoms with Crippen molar-refractivity contribution in [2.24, 2.45) is 17.3 Å². The fourth-order valence-electron chi connectivity index (χ4n) is 5.19. The van der Waals surface area contributed by atoms with Crippen LogP contribution >= 0.6 is 0 Å². The van der Waals surface area contributed by atoms with E-state index >= 15 is 0 Å². The lowest BCUT2D eigenvalue weighted by molar-refractivity contribution is -0.134. The summed E-state index contributed by atoms with van der Waals surface area (Å²) in [4.78, 5) is 17.6. The van der Waals surface area contributed by atoms with E-state index in [1.54, 1.807) is 0 Å². The van der Waals surface area contributed by atoms with E-state index in [-0.39, 0.29) is 0 Å². The number of nitrogens with zero attached hydrogens (tertiary/aromatic N) is 2. The third kappa shape index (κ3) is 3.43. The number of hydrogen-bond donors (Lipinski definition) is 1. The Hall–Kier alpha value is -0.610. The molecule has 4 rings (SSSR count). The molecule has 1 amide bonds. The van der Waals surface area contributed by atoms with Crippen LogP contribution in [0.2, 0.25) is 0 Å². The highest BCUT2D eigenvalue weighted by atomic mass is 16.2. The predicted molar refractivity (Wildman–Crippen MR) is 92.2 cm³/mol. The molecule has 0 aromatic heterocycles. The smallest absolute Gasteiger partial charge is 0.226 e. The monoisotopic (exact) mass is 319 g/mol. The van der Waals surface area contributed by atoms with E-state index in [9.17, 15) is 4.79 Å². The Morgan fingerprint density at radius 1 is 1.00 bits per heavy atom. The molecular formula is C19H33N3O. The van der Waals surface area contributed by atoms with Gasteiger partial charge in [-0.2, -0.15) is 0 Å². The molecule has 1 spiro atoms. The van der Waals surface area contributed by atoms with Gasteiger partial charge in [0.05, 0.1) is 0 Å². The van der Waals surface area contributed by atoms with Crippen molar-refractivity contribution in [3.05, 3.63) is 0 Å². The Labute approximate surface area is 141 Å². The highest BCUT2D eigenvalue weighted by molar-refractivity contribution is 5.82. The highest BCUT2D eigenvalue weighted by Gasteiger charge is 2.59. The summed E-state index contributed by atoms with van der Waals surface area (Å²) in [5.41, 5.74) is 0.402. The Morgan fingerprint density at radius 3 is 2.39 bits per heavy atom. The van der Waals surface area contributed by atoms with Crippen LogP contribution in [0.5, 0.6) is 0 Å². The zero-order chi connectivity index (χ0) is 15.7. The molecule has 0 bridgehead atoms. The van der Waals surface area contributed by atoms with Crippen LogP contribution in [0.1, 0.15) is 51.4 Å². The summed E-state index contributed by atoms with van der Waals surface area (Å²) in [5.74, 6) is 1.77. The van der Waals surface area contributed by atoms with Crippen molar-refractivity contribution in [1.29, 1.82) is 0 Å². The van der Waals surface area contributed by atoms with Crippen molar-refractivity contribution in [2.45, 2.75) is 51.4 Å². The van der Waals surface area contributed by atoms with Gasteiger partial charge < -0.3 is 15.1 Å². The number of amides is 1. The van der Waals surface area contributed by atoms with Gasteiger partial charge in [0.2, 0.25) is 5.91 Å². The second-order valence-corrected chi connectivity index (χ2v) is 8.50. The minimum atomic E-state index is 0.377. The predicted octanol–water partition coefficient (Wildman–Crippen LogP) is 2.10. The van der Waals surface area contributed by atoms with Gasteiger partial charge in [-0.25, -0.2) is 0 Å². The van der Waals surface area contributed by atoms with Gasteiger partial charge in [-0.15, -0.1) is 0 Å². The van der Waals surface area contributed by atoms with E-state index in [2.05, 4.69) is 15.1 Å². The average Bonchev–Trinajstić information content (AvgIpc) is 3.32. The minimum absolute atomic E-state index is 0.377. The molecule has 4 heteroatoms. The summed E-state index contributed by atoms with van der Waals surface area (Å²) < 4.78 is 0. The zero-order valence-electron chi connectivity index (χ0n) is 14.6. The maximum absolute atomic E-state index is 12.7. The van der Waals surface area contributed by atoms with Gasteiger partial charge in [-0.3, -0.25) is 4.79 Å². The van der Waals surface area contributed by atoms with E-state index in [1.807, 2.05) is 0 Å². The van der Waals surface area contributed by atoms with Crippen molar-refractivity contribution < 1.29 is 4.79 Å². The molecule has 0 aromatic carbocycles. The molecule has 23 heavy (non-hydrogen) atoms. The molecule has 3 heterocycles. The average molecular weight is 319 g/mol. The van der Waals surface area contributed by atoms with Crippen LogP contribution in [0.3, 0.4) is 0 Å². The summed E-state index contributed by atoms with van der Waals surface area (Å²) in [5, 5.41) is 3.46. The van der Waals surface area contributed by atoms with Crippen molar-refractivity contribution in [1.82, 2.24) is 15.1 Å². The molecular weight excluding hydrogens is 286 g/mol. The summed E-state index contributed by atoms with van der Waals surface area (Å²) in [6, 6.07) is 0. The minimum Gasteiger partial charge on any atom is -0.342 e. The molecule has 4 nitrogen and oxygen atoms in total. The van der Waals surface area contributed by atoms with Gasteiger partial charge in [-0.1, -0.05) is 0 Å². The van der Waals surface area contributed by atoms with Gasteiger partial charge >= 0.3 is 0 Å². The lowest BCUT2D eigenvalue weighted by Gasteiger charge is -2.36. The normalized spacial score (nSPS) is 32.2. The number of carbonyl (C=O) groups excluding carboxylic acids is 1. The first-order chi connectivity index (χ1) is 11.3. The zero-order valence-corrected chi connectivity index (χ0v) is 14.6. The van der Waals surface area contributed by atoms with Gasteiger partial charge in [0, 0.05) is 25.6 Å². The Bertz CT molecular complexity index is 418. The number of rotatable bonds is 3. The molecule has 4 fully saturated rings. The molecule has 0 aromatic rings. The van der Waals surface area contributed by atoms with E-state index in [1.165, 1.54) is 84.1 Å². The van der Waals surface area contributed by atoms with E-state index in [4.69, 9.17) is 0 Å². The number of nitrogens with one attached hydrogen (secondary N) is 1. The van der Waals surface area contributed by atoms with Crippen molar-refractivity contribution in [3.8, 4) is 0 Å². The van der Waals surface area contributed by atoms with Crippen LogP contribution in [0.25, 0.3) is 0 Å². The molecule has 1 aliphatic carbocycles. The second-order valence-electron chi connectivity index (χ2n) is 8.50. The fourth-order valence-corrected chi connectivity index (χ4v) is 5.19. The van der Waals surface area contributed by atoms with Crippen LogP contribution in [0, 0.1) is 17.3 Å². The first kappa shape index (κ1) is 15.9. The van der Waals surface area contributed by atoms with Crippen LogP contribution in [-0.4, -0.2) is 61.5 Å². The molecule has 1 saturated carbocycles. The molecule has 3 aliphatic heterocycles. The number of likely N-dealkylation sites (tertiary alicyclic amines) is 2. The standard InChI is InChI=1S/C19H33N3O/c23-18(22-10-2-1-3-11-22)17-14-19(17)6-12-21(13-7-19)15-16-4-8-20-9-5-16/h16-17,20H,1-15H2. The Morgan fingerprint density at radius 2 is 1.70 bits per heavy atom. The summed E-state index contributed by atoms with van der Waals surface area (Å²) in [6.07, 6.45) is 10.2. The molecule has 3 saturated heterocycles. The first-order valence-electron chi connectivity index (χ1n) is 9.99. The quantitative estimate of drug-likeness (QED) is 0.865. The maximum atomic E-state index is 12.7. The largest absolute Gasteiger partial charge is 0.342 e. The topological polar surface area (TPSA) is 35.6 Å². The molecule has 130 valence electrons. The third-order valence-electron chi connectivity index (χ3n) is 6.98. The Balaban J connectivity index is 1.24. The van der Waals surface area contributed by atoms with Gasteiger partial charge in [0.25, 0.3) is 0 Å². The summed E-state index contributed by atoms with van der Waals surface area (Å²) >= 11 is 0. The molecule has 0 radical (unpaired) electrons. The molecule has 1 unspecified atom stereocenters. The fraction of sp³-hybridized carbons (Fsp3) is 0.947. The number of carbonyl (C=O) groups is 1.